The second kappa shape index (κ2) is 13.7. The first-order chi connectivity index (χ1) is 32.2. The van der Waals surface area contributed by atoms with Crippen molar-refractivity contribution in [2.24, 2.45) is 0 Å². The number of furan rings is 1. The van der Waals surface area contributed by atoms with E-state index in [1.807, 2.05) is 36.4 Å². The maximum Gasteiger partial charge on any atom is 0.160 e. The van der Waals surface area contributed by atoms with Gasteiger partial charge in [0.2, 0.25) is 0 Å². The average molecular weight is 830 g/mol. The fraction of sp³-hybridized carbons (Fsp3) is 0.0167. The van der Waals surface area contributed by atoms with Gasteiger partial charge in [-0.1, -0.05) is 182 Å². The van der Waals surface area contributed by atoms with Gasteiger partial charge in [0.1, 0.15) is 22.7 Å². The largest absolute Gasteiger partial charge is 0.456 e. The Morgan fingerprint density at radius 1 is 0.385 bits per heavy atom. The Balaban J connectivity index is 0.955. The monoisotopic (exact) mass is 829 g/mol. The van der Waals surface area contributed by atoms with Crippen LogP contribution in [0.2, 0.25) is 0 Å². The molecule has 9 aromatic carbocycles. The van der Waals surface area contributed by atoms with E-state index in [2.05, 4.69) is 176 Å². The van der Waals surface area contributed by atoms with Crippen molar-refractivity contribution in [2.75, 3.05) is 0 Å². The van der Waals surface area contributed by atoms with E-state index < -0.39 is 5.41 Å². The van der Waals surface area contributed by atoms with E-state index in [0.29, 0.717) is 5.82 Å². The Labute approximate surface area is 373 Å². The molecule has 0 saturated carbocycles. The number of benzene rings is 9. The molecule has 1 aliphatic carbocycles. The van der Waals surface area contributed by atoms with Crippen molar-refractivity contribution < 1.29 is 9.15 Å². The summed E-state index contributed by atoms with van der Waals surface area (Å²) in [5.74, 6) is 2.38. The highest BCUT2D eigenvalue weighted by Crippen LogP contribution is 2.63. The van der Waals surface area contributed by atoms with Gasteiger partial charge in [-0.3, -0.25) is 0 Å². The predicted molar refractivity (Wildman–Crippen MR) is 261 cm³/mol. The predicted octanol–water partition coefficient (Wildman–Crippen LogP) is 15.2. The lowest BCUT2D eigenvalue weighted by Gasteiger charge is -2.40. The van der Waals surface area contributed by atoms with Gasteiger partial charge in [-0.05, 0) is 52.6 Å². The Morgan fingerprint density at radius 2 is 1.02 bits per heavy atom. The van der Waals surface area contributed by atoms with E-state index in [1.54, 1.807) is 0 Å². The minimum Gasteiger partial charge on any atom is -0.456 e. The maximum atomic E-state index is 7.17. The summed E-state index contributed by atoms with van der Waals surface area (Å²) in [6, 6.07) is 74.6. The molecule has 12 aromatic rings. The molecule has 3 aromatic heterocycles. The number of hydrogen-bond acceptors (Lipinski definition) is 5. The fourth-order valence-corrected chi connectivity index (χ4v) is 10.8. The minimum absolute atomic E-state index is 0.567. The molecule has 0 fully saturated rings. The summed E-state index contributed by atoms with van der Waals surface area (Å²) in [5, 5.41) is 5.27. The third kappa shape index (κ3) is 5.12. The number of aromatic nitrogens is 3. The standard InChI is InChI=1S/C60H35N3O2/c1-2-15-38(16-3-1)59-62-51(35-52(63-59)44-22-14-21-42-41-19-7-12-27-53(41)64-57(42)44)36-29-31-37(32-30-36)56-45-33-34-49-58(55(45)43-20-6-11-26-50(43)61-56)65-54-28-13-10-25-48(54)60(49)46-23-8-4-17-39(46)40-18-5-9-24-47(40)60/h1-35H. The van der Waals surface area contributed by atoms with Crippen LogP contribution in [0, 0.1) is 0 Å². The number of nitrogens with zero attached hydrogens (tertiary/aromatic N) is 3. The summed E-state index contributed by atoms with van der Waals surface area (Å²) < 4.78 is 13.7. The zero-order valence-corrected chi connectivity index (χ0v) is 34.9. The van der Waals surface area contributed by atoms with Crippen LogP contribution in [0.15, 0.2) is 217 Å². The zero-order chi connectivity index (χ0) is 42.6. The van der Waals surface area contributed by atoms with Crippen molar-refractivity contribution in [1.82, 2.24) is 15.0 Å². The summed E-state index contributed by atoms with van der Waals surface area (Å²) in [7, 11) is 0. The first-order valence-corrected chi connectivity index (χ1v) is 22.0. The molecular weight excluding hydrogens is 795 g/mol. The average Bonchev–Trinajstić information content (AvgIpc) is 3.90. The van der Waals surface area contributed by atoms with Gasteiger partial charge in [0, 0.05) is 60.3 Å². The van der Waals surface area contributed by atoms with Crippen LogP contribution in [0.1, 0.15) is 22.3 Å². The maximum absolute atomic E-state index is 7.17. The van der Waals surface area contributed by atoms with Gasteiger partial charge in [-0.15, -0.1) is 0 Å². The van der Waals surface area contributed by atoms with Gasteiger partial charge in [-0.2, -0.15) is 0 Å². The quantitative estimate of drug-likeness (QED) is 0.165. The smallest absolute Gasteiger partial charge is 0.160 e. The number of ether oxygens (including phenoxy) is 1. The zero-order valence-electron chi connectivity index (χ0n) is 34.9. The molecule has 0 radical (unpaired) electrons. The molecule has 1 aliphatic heterocycles. The highest BCUT2D eigenvalue weighted by molar-refractivity contribution is 6.15. The van der Waals surface area contributed by atoms with Crippen molar-refractivity contribution in [3.05, 3.63) is 235 Å². The molecule has 0 N–H and O–H groups in total. The van der Waals surface area contributed by atoms with Gasteiger partial charge >= 0.3 is 0 Å². The molecule has 65 heavy (non-hydrogen) atoms. The molecular formula is C60H35N3O2. The summed E-state index contributed by atoms with van der Waals surface area (Å²) in [4.78, 5) is 15.7. The fourth-order valence-electron chi connectivity index (χ4n) is 10.8. The van der Waals surface area contributed by atoms with Crippen molar-refractivity contribution in [3.8, 4) is 67.8 Å². The first-order valence-electron chi connectivity index (χ1n) is 22.0. The summed E-state index contributed by atoms with van der Waals surface area (Å²) in [5.41, 5.74) is 15.6. The Kier molecular flexibility index (Phi) is 7.54. The van der Waals surface area contributed by atoms with Crippen LogP contribution < -0.4 is 4.74 Å². The van der Waals surface area contributed by atoms with Gasteiger partial charge in [-0.25, -0.2) is 15.0 Å². The van der Waals surface area contributed by atoms with E-state index in [1.165, 1.54) is 22.3 Å². The van der Waals surface area contributed by atoms with Crippen LogP contribution >= 0.6 is 0 Å². The SMILES string of the molecule is c1ccc(-c2nc(-c3ccc(-c4nc5ccccc5c5c6c(ccc45)C4(c5ccccc5O6)c5ccccc5-c5ccccc54)cc3)cc(-c3cccc4c3oc3ccccc34)n2)cc1. The molecule has 14 rings (SSSR count). The second-order valence-electron chi connectivity index (χ2n) is 17.0. The molecule has 2 aliphatic rings. The Morgan fingerprint density at radius 3 is 1.83 bits per heavy atom. The second-order valence-corrected chi connectivity index (χ2v) is 17.0. The molecule has 302 valence electrons. The highest BCUT2D eigenvalue weighted by Gasteiger charge is 2.51. The summed E-state index contributed by atoms with van der Waals surface area (Å²) >= 11 is 0. The third-order valence-corrected chi connectivity index (χ3v) is 13.6. The minimum atomic E-state index is -0.567. The van der Waals surface area contributed by atoms with Crippen LogP contribution in [-0.4, -0.2) is 15.0 Å². The molecule has 0 saturated heterocycles. The van der Waals surface area contributed by atoms with Crippen molar-refractivity contribution in [1.29, 1.82) is 0 Å². The number of fused-ring (bicyclic) bond motifs is 16. The van der Waals surface area contributed by atoms with Crippen LogP contribution in [0.25, 0.3) is 99.9 Å². The van der Waals surface area contributed by atoms with Gasteiger partial charge < -0.3 is 9.15 Å². The molecule has 5 heteroatoms. The molecule has 4 heterocycles. The summed E-state index contributed by atoms with van der Waals surface area (Å²) in [6.07, 6.45) is 0. The third-order valence-electron chi connectivity index (χ3n) is 13.6. The molecule has 0 unspecified atom stereocenters. The Bertz CT molecular complexity index is 3880. The van der Waals surface area contributed by atoms with E-state index in [9.17, 15) is 0 Å². The number of pyridine rings is 1. The van der Waals surface area contributed by atoms with Crippen LogP contribution in [0.3, 0.4) is 0 Å². The number of rotatable bonds is 4. The van der Waals surface area contributed by atoms with E-state index in [-0.39, 0.29) is 0 Å². The van der Waals surface area contributed by atoms with Crippen molar-refractivity contribution in [3.63, 3.8) is 0 Å². The first kappa shape index (κ1) is 35.9. The van der Waals surface area contributed by atoms with Gasteiger partial charge in [0.25, 0.3) is 0 Å². The molecule has 0 amide bonds. The lowest BCUT2D eigenvalue weighted by Crippen LogP contribution is -2.32. The van der Waals surface area contributed by atoms with Crippen LogP contribution in [0.5, 0.6) is 11.5 Å². The van der Waals surface area contributed by atoms with Gasteiger partial charge in [0.05, 0.1) is 28.0 Å². The topological polar surface area (TPSA) is 61.0 Å². The van der Waals surface area contributed by atoms with Crippen molar-refractivity contribution in [2.45, 2.75) is 5.41 Å². The Hall–Kier alpha value is -8.67. The molecule has 5 nitrogen and oxygen atoms in total. The number of para-hydroxylation sites is 4. The normalized spacial score (nSPS) is 13.2. The summed E-state index contributed by atoms with van der Waals surface area (Å²) in [6.45, 7) is 0. The van der Waals surface area contributed by atoms with E-state index in [0.717, 1.165) is 106 Å². The molecule has 0 bridgehead atoms. The highest BCUT2D eigenvalue weighted by atomic mass is 16.5. The lowest BCUT2D eigenvalue weighted by atomic mass is 9.65. The lowest BCUT2D eigenvalue weighted by molar-refractivity contribution is 0.442. The number of hydrogen-bond donors (Lipinski definition) is 0. The van der Waals surface area contributed by atoms with Gasteiger partial charge in [0.15, 0.2) is 5.82 Å². The van der Waals surface area contributed by atoms with Crippen LogP contribution in [0.4, 0.5) is 0 Å². The van der Waals surface area contributed by atoms with Crippen molar-refractivity contribution >= 4 is 43.6 Å². The molecule has 1 spiro atoms. The van der Waals surface area contributed by atoms with Crippen LogP contribution in [-0.2, 0) is 5.41 Å². The van der Waals surface area contributed by atoms with E-state index >= 15 is 0 Å². The molecule has 0 atom stereocenters. The van der Waals surface area contributed by atoms with E-state index in [4.69, 9.17) is 24.1 Å².